The second-order valence-corrected chi connectivity index (χ2v) is 5.08. The zero-order chi connectivity index (χ0) is 15.7. The molecule has 1 rings (SSSR count). The standard InChI is InChI=1S/C14H18N4O3/c1-14(2,3)21-13(19)18-12-6-5-11(9-16-12)10-17-20-8-4-7-15/h5-6,9-10H,4,8H2,1-3H3,(H,16,18,19). The number of hydrogen-bond acceptors (Lipinski definition) is 6. The Kier molecular flexibility index (Phi) is 6.14. The van der Waals surface area contributed by atoms with E-state index >= 15 is 0 Å². The van der Waals surface area contributed by atoms with E-state index in [2.05, 4.69) is 15.5 Å². The van der Waals surface area contributed by atoms with Crippen molar-refractivity contribution in [2.24, 2.45) is 5.16 Å². The third-order valence-electron chi connectivity index (χ3n) is 2.00. The van der Waals surface area contributed by atoms with E-state index in [0.29, 0.717) is 11.4 Å². The number of pyridine rings is 1. The SMILES string of the molecule is CC(C)(C)OC(=O)Nc1ccc(C=NOCCC#N)cn1. The monoisotopic (exact) mass is 290 g/mol. The van der Waals surface area contributed by atoms with E-state index in [9.17, 15) is 4.79 Å². The van der Waals surface area contributed by atoms with Crippen LogP contribution >= 0.6 is 0 Å². The molecule has 112 valence electrons. The van der Waals surface area contributed by atoms with E-state index in [1.165, 1.54) is 12.4 Å². The molecule has 0 unspecified atom stereocenters. The molecule has 7 heteroatoms. The van der Waals surface area contributed by atoms with Crippen LogP contribution in [0.2, 0.25) is 0 Å². The summed E-state index contributed by atoms with van der Waals surface area (Å²) in [5, 5.41) is 14.5. The lowest BCUT2D eigenvalue weighted by molar-refractivity contribution is 0.0635. The number of amides is 1. The largest absolute Gasteiger partial charge is 0.444 e. The molecule has 0 bridgehead atoms. The Balaban J connectivity index is 2.47. The normalized spacial score (nSPS) is 11.0. The Morgan fingerprint density at radius 3 is 2.86 bits per heavy atom. The number of rotatable bonds is 5. The van der Waals surface area contributed by atoms with Gasteiger partial charge in [0.2, 0.25) is 0 Å². The van der Waals surface area contributed by atoms with Gasteiger partial charge in [0.25, 0.3) is 0 Å². The van der Waals surface area contributed by atoms with Crippen LogP contribution in [0.4, 0.5) is 10.6 Å². The van der Waals surface area contributed by atoms with E-state index in [-0.39, 0.29) is 13.0 Å². The number of carbonyl (C=O) groups is 1. The number of anilines is 1. The molecule has 7 nitrogen and oxygen atoms in total. The highest BCUT2D eigenvalue weighted by Gasteiger charge is 2.16. The van der Waals surface area contributed by atoms with E-state index in [1.54, 1.807) is 32.9 Å². The highest BCUT2D eigenvalue weighted by atomic mass is 16.6. The first-order valence-corrected chi connectivity index (χ1v) is 6.39. The lowest BCUT2D eigenvalue weighted by Crippen LogP contribution is -2.27. The summed E-state index contributed by atoms with van der Waals surface area (Å²) in [6.45, 7) is 5.60. The number of carbonyl (C=O) groups excluding carboxylic acids is 1. The molecule has 0 spiro atoms. The molecule has 1 N–H and O–H groups in total. The van der Waals surface area contributed by atoms with Gasteiger partial charge >= 0.3 is 6.09 Å². The Hall–Kier alpha value is -2.62. The number of nitrogens with one attached hydrogen (secondary N) is 1. The highest BCUT2D eigenvalue weighted by molar-refractivity contribution is 5.84. The third-order valence-corrected chi connectivity index (χ3v) is 2.00. The quantitative estimate of drug-likeness (QED) is 0.511. The molecule has 1 heterocycles. The summed E-state index contributed by atoms with van der Waals surface area (Å²) < 4.78 is 5.11. The molecule has 1 amide bonds. The second-order valence-electron chi connectivity index (χ2n) is 5.08. The molecule has 0 atom stereocenters. The summed E-state index contributed by atoms with van der Waals surface area (Å²) in [5.41, 5.74) is 0.152. The minimum absolute atomic E-state index is 0.249. The molecule has 0 radical (unpaired) electrons. The molecule has 21 heavy (non-hydrogen) atoms. The summed E-state index contributed by atoms with van der Waals surface area (Å²) in [5.74, 6) is 0.381. The molecule has 0 saturated heterocycles. The molecule has 0 aromatic carbocycles. The van der Waals surface area contributed by atoms with Gasteiger partial charge in [-0.1, -0.05) is 5.16 Å². The van der Waals surface area contributed by atoms with Crippen molar-refractivity contribution >= 4 is 18.1 Å². The maximum atomic E-state index is 11.5. The fourth-order valence-electron chi connectivity index (χ4n) is 1.21. The van der Waals surface area contributed by atoms with Crippen molar-refractivity contribution in [2.45, 2.75) is 32.8 Å². The number of nitrogens with zero attached hydrogens (tertiary/aromatic N) is 3. The lowest BCUT2D eigenvalue weighted by Gasteiger charge is -2.19. The van der Waals surface area contributed by atoms with Gasteiger partial charge in [-0.2, -0.15) is 5.26 Å². The summed E-state index contributed by atoms with van der Waals surface area (Å²) in [6.07, 6.45) is 2.73. The minimum atomic E-state index is -0.559. The van der Waals surface area contributed by atoms with Crippen molar-refractivity contribution in [3.8, 4) is 6.07 Å². The molecular formula is C14H18N4O3. The topological polar surface area (TPSA) is 96.6 Å². The molecule has 1 aromatic heterocycles. The summed E-state index contributed by atoms with van der Waals surface area (Å²) in [6, 6.07) is 5.29. The third kappa shape index (κ3) is 7.52. The first-order valence-electron chi connectivity index (χ1n) is 6.39. The van der Waals surface area contributed by atoms with E-state index in [0.717, 1.165) is 0 Å². The lowest BCUT2D eigenvalue weighted by atomic mass is 10.2. The second kappa shape index (κ2) is 7.85. The highest BCUT2D eigenvalue weighted by Crippen LogP contribution is 2.10. The maximum Gasteiger partial charge on any atom is 0.413 e. The van der Waals surface area contributed by atoms with Gasteiger partial charge in [0, 0.05) is 11.8 Å². The molecular weight excluding hydrogens is 272 g/mol. The summed E-state index contributed by atoms with van der Waals surface area (Å²) in [7, 11) is 0. The number of ether oxygens (including phenoxy) is 1. The van der Waals surface area contributed by atoms with Crippen molar-refractivity contribution < 1.29 is 14.4 Å². The number of oxime groups is 1. The van der Waals surface area contributed by atoms with Gasteiger partial charge in [-0.05, 0) is 32.9 Å². The van der Waals surface area contributed by atoms with Gasteiger partial charge in [-0.15, -0.1) is 0 Å². The summed E-state index contributed by atoms with van der Waals surface area (Å²) in [4.78, 5) is 20.4. The first-order chi connectivity index (χ1) is 9.90. The van der Waals surface area contributed by atoms with Gasteiger partial charge in [-0.3, -0.25) is 5.32 Å². The van der Waals surface area contributed by atoms with E-state index in [1.807, 2.05) is 6.07 Å². The first kappa shape index (κ1) is 16.4. The van der Waals surface area contributed by atoms with Crippen molar-refractivity contribution in [1.82, 2.24) is 4.98 Å². The predicted octanol–water partition coefficient (Wildman–Crippen LogP) is 2.69. The minimum Gasteiger partial charge on any atom is -0.444 e. The molecule has 1 aromatic rings. The van der Waals surface area contributed by atoms with Crippen molar-refractivity contribution in [1.29, 1.82) is 5.26 Å². The molecule has 0 saturated carbocycles. The van der Waals surface area contributed by atoms with Gasteiger partial charge in [0.05, 0.1) is 18.7 Å². The zero-order valence-corrected chi connectivity index (χ0v) is 12.3. The van der Waals surface area contributed by atoms with Crippen LogP contribution in [-0.4, -0.2) is 29.5 Å². The number of hydrogen-bond donors (Lipinski definition) is 1. The fraction of sp³-hybridized carbons (Fsp3) is 0.429. The van der Waals surface area contributed by atoms with Crippen LogP contribution in [0.15, 0.2) is 23.5 Å². The van der Waals surface area contributed by atoms with Gasteiger partial charge in [-0.25, -0.2) is 9.78 Å². The van der Waals surface area contributed by atoms with Crippen LogP contribution in [0, 0.1) is 11.3 Å². The predicted molar refractivity (Wildman–Crippen MR) is 77.9 cm³/mol. The van der Waals surface area contributed by atoms with Crippen LogP contribution in [0.3, 0.4) is 0 Å². The molecule has 0 fully saturated rings. The van der Waals surface area contributed by atoms with Crippen LogP contribution in [0.25, 0.3) is 0 Å². The van der Waals surface area contributed by atoms with Crippen LogP contribution in [0.1, 0.15) is 32.8 Å². The summed E-state index contributed by atoms with van der Waals surface area (Å²) >= 11 is 0. The zero-order valence-electron chi connectivity index (χ0n) is 12.3. The van der Waals surface area contributed by atoms with E-state index < -0.39 is 11.7 Å². The average molecular weight is 290 g/mol. The molecule has 0 aliphatic heterocycles. The molecule has 0 aliphatic rings. The Labute approximate surface area is 123 Å². The van der Waals surface area contributed by atoms with Crippen molar-refractivity contribution in [2.75, 3.05) is 11.9 Å². The van der Waals surface area contributed by atoms with Crippen molar-refractivity contribution in [3.63, 3.8) is 0 Å². The maximum absolute atomic E-state index is 11.5. The smallest absolute Gasteiger partial charge is 0.413 e. The van der Waals surface area contributed by atoms with Crippen LogP contribution < -0.4 is 5.32 Å². The number of aromatic nitrogens is 1. The van der Waals surface area contributed by atoms with Gasteiger partial charge in [0.1, 0.15) is 18.0 Å². The van der Waals surface area contributed by atoms with Gasteiger partial charge in [0.15, 0.2) is 0 Å². The molecule has 0 aliphatic carbocycles. The van der Waals surface area contributed by atoms with Crippen molar-refractivity contribution in [3.05, 3.63) is 23.9 Å². The van der Waals surface area contributed by atoms with E-state index in [4.69, 9.17) is 14.8 Å². The number of nitriles is 1. The van der Waals surface area contributed by atoms with Crippen LogP contribution in [0.5, 0.6) is 0 Å². The fourth-order valence-corrected chi connectivity index (χ4v) is 1.21. The Bertz CT molecular complexity index is 527. The Morgan fingerprint density at radius 1 is 1.52 bits per heavy atom. The van der Waals surface area contributed by atoms with Gasteiger partial charge < -0.3 is 9.57 Å². The average Bonchev–Trinajstić information content (AvgIpc) is 2.38. The van der Waals surface area contributed by atoms with Crippen LogP contribution in [-0.2, 0) is 9.57 Å². The Morgan fingerprint density at radius 2 is 2.29 bits per heavy atom.